The Morgan fingerprint density at radius 3 is 0.659 bits per heavy atom. The van der Waals surface area contributed by atoms with Crippen LogP contribution in [0.2, 0.25) is 30.1 Å². The number of benzene rings is 14. The average Bonchev–Trinajstić information content (AvgIpc) is 0.807. The molecule has 0 aromatic heterocycles. The first-order chi connectivity index (χ1) is 63.3. The third kappa shape index (κ3) is 34.2. The van der Waals surface area contributed by atoms with Crippen LogP contribution >= 0.6 is 69.6 Å². The lowest BCUT2D eigenvalue weighted by Crippen LogP contribution is -2.29. The van der Waals surface area contributed by atoms with Crippen LogP contribution in [0.15, 0.2) is 340 Å². The molecule has 0 amide bonds. The highest BCUT2D eigenvalue weighted by Gasteiger charge is 2.28. The summed E-state index contributed by atoms with van der Waals surface area (Å²) in [6.07, 6.45) is 2.39. The molecule has 0 fully saturated rings. The van der Waals surface area contributed by atoms with Crippen LogP contribution in [-0.2, 0) is 0 Å². The third-order valence-electron chi connectivity index (χ3n) is 22.7. The lowest BCUT2D eigenvalue weighted by atomic mass is 9.79. The topological polar surface area (TPSA) is 182 Å². The predicted octanol–water partition coefficient (Wildman–Crippen LogP) is 29.1. The van der Waals surface area contributed by atoms with Crippen LogP contribution < -0.4 is 40.1 Å². The van der Waals surface area contributed by atoms with E-state index in [9.17, 15) is 35.1 Å². The maximum absolute atomic E-state index is 13.8. The summed E-state index contributed by atoms with van der Waals surface area (Å²) in [7, 11) is 0. The monoisotopic (exact) mass is 1910 g/mol. The van der Waals surface area contributed by atoms with E-state index in [1.807, 2.05) is 154 Å². The van der Waals surface area contributed by atoms with E-state index >= 15 is 0 Å². The SMILES string of the molecule is CC(N)C(C)C(c1cccc(Cl)c1)c1cccc(Cl)c1.C[C@@H](CN)C(c1cccc(Cl)c1)c1cccc(Cl)c1.C[C@@H](N)CC(c1cccc(F)c1)c1cccc(F)c1.C[C@H](CN)C(c1cccc(Cl)c1)c1cccc(Cl)c1.C[C@H](N)CC(c1cccc(F)c1)c1cccc(F)c1.NCCC(c1cccc(F)c1)c1ccccc1F.NCCC(c1ccccc1F)c1ccccc1F. The molecule has 132 heavy (non-hydrogen) atoms. The molecule has 14 aromatic rings. The Bertz CT molecular complexity index is 5360. The van der Waals surface area contributed by atoms with Crippen LogP contribution in [0.1, 0.15) is 187 Å². The Labute approximate surface area is 804 Å². The third-order valence-corrected chi connectivity index (χ3v) is 24.1. The molecule has 0 aliphatic heterocycles. The van der Waals surface area contributed by atoms with E-state index < -0.39 is 0 Å². The first kappa shape index (κ1) is 107. The van der Waals surface area contributed by atoms with Crippen molar-refractivity contribution in [3.63, 3.8) is 0 Å². The fourth-order valence-corrected chi connectivity index (χ4v) is 17.3. The summed E-state index contributed by atoms with van der Waals surface area (Å²) in [5.41, 5.74) is 53.3. The molecule has 21 heteroatoms. The zero-order valence-corrected chi connectivity index (χ0v) is 79.4. The van der Waals surface area contributed by atoms with E-state index in [4.69, 9.17) is 110 Å². The van der Waals surface area contributed by atoms with Gasteiger partial charge in [0.05, 0.1) is 0 Å². The normalized spacial score (nSPS) is 12.6. The van der Waals surface area contributed by atoms with Gasteiger partial charge in [0.2, 0.25) is 0 Å². The van der Waals surface area contributed by atoms with E-state index in [1.165, 1.54) is 112 Å². The summed E-state index contributed by atoms with van der Waals surface area (Å²) in [5, 5.41) is 4.46. The van der Waals surface area contributed by atoms with Gasteiger partial charge in [-0.15, -0.1) is 0 Å². The Balaban J connectivity index is 0.000000190. The maximum Gasteiger partial charge on any atom is 0.127 e. The molecule has 694 valence electrons. The molecule has 0 aliphatic carbocycles. The van der Waals surface area contributed by atoms with E-state index in [0.717, 1.165) is 58.0 Å². The number of hydrogen-bond donors (Lipinski definition) is 7. The summed E-state index contributed by atoms with van der Waals surface area (Å²) >= 11 is 36.7. The first-order valence-electron chi connectivity index (χ1n) is 43.9. The molecule has 0 aliphatic rings. The summed E-state index contributed by atoms with van der Waals surface area (Å²) in [4.78, 5) is 0. The predicted molar refractivity (Wildman–Crippen MR) is 536 cm³/mol. The van der Waals surface area contributed by atoms with Crippen molar-refractivity contribution in [1.82, 2.24) is 0 Å². The van der Waals surface area contributed by atoms with E-state index in [-0.39, 0.29) is 112 Å². The van der Waals surface area contributed by atoms with Crippen LogP contribution in [0.5, 0.6) is 0 Å². The lowest BCUT2D eigenvalue weighted by Gasteiger charge is -2.28. The average molecular weight is 1910 g/mol. The first-order valence-corrected chi connectivity index (χ1v) is 46.2. The lowest BCUT2D eigenvalue weighted by molar-refractivity contribution is 0.434. The number of halogens is 14. The van der Waals surface area contributed by atoms with E-state index in [2.05, 4.69) is 57.2 Å². The molecule has 0 saturated heterocycles. The van der Waals surface area contributed by atoms with Crippen molar-refractivity contribution < 1.29 is 35.1 Å². The summed E-state index contributed by atoms with van der Waals surface area (Å²) in [6.45, 7) is 14.3. The van der Waals surface area contributed by atoms with Crippen molar-refractivity contribution in [1.29, 1.82) is 0 Å². The van der Waals surface area contributed by atoms with Gasteiger partial charge in [0.1, 0.15) is 46.5 Å². The molecular formula is C111H117Cl6F8N7. The van der Waals surface area contributed by atoms with Gasteiger partial charge in [0, 0.05) is 89.7 Å². The van der Waals surface area contributed by atoms with Crippen molar-refractivity contribution in [2.45, 2.75) is 127 Å². The van der Waals surface area contributed by atoms with Crippen LogP contribution in [0.25, 0.3) is 0 Å². The zero-order chi connectivity index (χ0) is 95.9. The highest BCUT2D eigenvalue weighted by atomic mass is 35.5. The van der Waals surface area contributed by atoms with Crippen molar-refractivity contribution >= 4 is 69.6 Å². The van der Waals surface area contributed by atoms with E-state index in [1.54, 1.807) is 91.0 Å². The summed E-state index contributed by atoms with van der Waals surface area (Å²) < 4.78 is 108. The Morgan fingerprint density at radius 2 is 0.447 bits per heavy atom. The number of nitrogens with two attached hydrogens (primary N) is 7. The molecule has 3 unspecified atom stereocenters. The van der Waals surface area contributed by atoms with Crippen molar-refractivity contribution in [2.24, 2.45) is 57.9 Å². The Morgan fingerprint density at radius 1 is 0.235 bits per heavy atom. The molecule has 14 aromatic carbocycles. The summed E-state index contributed by atoms with van der Waals surface area (Å²) in [6, 6.07) is 99.0. The molecule has 0 heterocycles. The van der Waals surface area contributed by atoms with Gasteiger partial charge in [-0.1, -0.05) is 278 Å². The van der Waals surface area contributed by atoms with Gasteiger partial charge in [-0.05, 0) is 320 Å². The van der Waals surface area contributed by atoms with Crippen molar-refractivity contribution in [3.05, 3.63) is 494 Å². The van der Waals surface area contributed by atoms with Crippen LogP contribution in [-0.4, -0.2) is 44.3 Å². The second-order valence-corrected chi connectivity index (χ2v) is 35.7. The minimum atomic E-state index is -0.336. The van der Waals surface area contributed by atoms with Crippen molar-refractivity contribution in [3.8, 4) is 0 Å². The number of rotatable bonds is 28. The molecule has 14 N–H and O–H groups in total. The molecular weight excluding hydrogens is 1800 g/mol. The Kier molecular flexibility index (Phi) is 45.2. The minimum Gasteiger partial charge on any atom is -0.330 e. The van der Waals surface area contributed by atoms with Gasteiger partial charge in [-0.2, -0.15) is 0 Å². The fraction of sp³-hybridized carbons (Fsp3) is 0.243. The van der Waals surface area contributed by atoms with Gasteiger partial charge in [0.15, 0.2) is 0 Å². The highest BCUT2D eigenvalue weighted by Crippen LogP contribution is 2.41. The van der Waals surface area contributed by atoms with E-state index in [0.29, 0.717) is 80.4 Å². The fourth-order valence-electron chi connectivity index (χ4n) is 16.2. The molecule has 0 bridgehead atoms. The Hall–Kier alpha value is -10.0. The molecule has 7 nitrogen and oxygen atoms in total. The van der Waals surface area contributed by atoms with Crippen LogP contribution in [0.4, 0.5) is 35.1 Å². The zero-order valence-electron chi connectivity index (χ0n) is 74.8. The molecule has 7 atom stereocenters. The van der Waals surface area contributed by atoms with Gasteiger partial charge in [-0.25, -0.2) is 35.1 Å². The quantitative estimate of drug-likeness (QED) is 0.0238. The maximum atomic E-state index is 13.8. The summed E-state index contributed by atoms with van der Waals surface area (Å²) in [5.74, 6) is -1.58. The van der Waals surface area contributed by atoms with Gasteiger partial charge >= 0.3 is 0 Å². The van der Waals surface area contributed by atoms with Crippen molar-refractivity contribution in [2.75, 3.05) is 26.2 Å². The molecule has 14 rings (SSSR count). The smallest absolute Gasteiger partial charge is 0.127 e. The largest absolute Gasteiger partial charge is 0.330 e. The minimum absolute atomic E-state index is 0.0449. The van der Waals surface area contributed by atoms with Gasteiger partial charge in [-0.3, -0.25) is 0 Å². The van der Waals surface area contributed by atoms with Gasteiger partial charge < -0.3 is 40.1 Å². The standard InChI is InChI=1S/C17H19Cl2N.2C16H17Cl2N.2C16H17F2N.2C15H15F2N/c1-11(12(2)20)17(13-5-3-7-15(18)9-13)14-6-4-8-16(19)10-14;2*1-11(10-19)16(12-4-2-6-14(17)8-12)13-5-3-7-15(18)9-13;2*1-11(19)8-16(12-4-2-6-14(17)9-12)13-5-3-7-15(18)10-13;16-14-7-3-1-5-12(14)11(9-10-18)13-6-2-4-8-15(13)17;16-12-5-3-4-11(10-12)13(8-9-18)14-6-1-2-7-15(14)17/h3-12,17H,20H2,1-2H3;2*2-9,11,16H,10,19H2,1H3;2*2-7,9-11,16H,8,19H2,1H3;1-8,11H,9-10,18H2;1-7,10,13H,8-9,18H2/t;4*11-;;/m.1010../s1. The molecule has 0 radical (unpaired) electrons. The highest BCUT2D eigenvalue weighted by molar-refractivity contribution is 6.32. The molecule has 0 spiro atoms. The van der Waals surface area contributed by atoms with Gasteiger partial charge in [0.25, 0.3) is 0 Å². The molecule has 0 saturated carbocycles. The second kappa shape index (κ2) is 55.6. The van der Waals surface area contributed by atoms with Crippen LogP contribution in [0.3, 0.4) is 0 Å². The number of hydrogen-bond acceptors (Lipinski definition) is 7. The second-order valence-electron chi connectivity index (χ2n) is 33.0. The van der Waals surface area contributed by atoms with Crippen LogP contribution in [0, 0.1) is 64.3 Å².